The van der Waals surface area contributed by atoms with Gasteiger partial charge in [-0.2, -0.15) is 0 Å². The first-order valence-electron chi connectivity index (χ1n) is 12.6. The normalized spacial score (nSPS) is 13.2. The van der Waals surface area contributed by atoms with Crippen LogP contribution in [-0.4, -0.2) is 57.4 Å². The number of thioether (sulfide) groups is 1. The van der Waals surface area contributed by atoms with E-state index in [4.69, 9.17) is 4.74 Å². The molecule has 37 heavy (non-hydrogen) atoms. The van der Waals surface area contributed by atoms with Crippen LogP contribution in [0.4, 0.5) is 17.1 Å². The van der Waals surface area contributed by atoms with Gasteiger partial charge >= 0.3 is 0 Å². The predicted molar refractivity (Wildman–Crippen MR) is 152 cm³/mol. The van der Waals surface area contributed by atoms with E-state index in [9.17, 15) is 9.59 Å². The second-order valence-electron chi connectivity index (χ2n) is 8.78. The maximum atomic E-state index is 13.1. The third kappa shape index (κ3) is 6.98. The van der Waals surface area contributed by atoms with Crippen LogP contribution in [0.3, 0.4) is 0 Å². The highest BCUT2D eigenvalue weighted by atomic mass is 32.2. The Kier molecular flexibility index (Phi) is 9.32. The van der Waals surface area contributed by atoms with Crippen LogP contribution >= 0.6 is 11.8 Å². The van der Waals surface area contributed by atoms with Crippen LogP contribution in [0.2, 0.25) is 0 Å². The molecule has 3 aromatic rings. The molecule has 1 fully saturated rings. The minimum atomic E-state index is -0.126. The molecule has 0 unspecified atom stereocenters. The molecule has 2 amide bonds. The Bertz CT molecular complexity index is 1200. The number of nitrogens with one attached hydrogen (secondary N) is 2. The molecular weight excluding hydrogens is 484 g/mol. The highest BCUT2D eigenvalue weighted by molar-refractivity contribution is 8.00. The van der Waals surface area contributed by atoms with Gasteiger partial charge in [-0.1, -0.05) is 37.3 Å². The molecule has 0 radical (unpaired) electrons. The molecule has 194 valence electrons. The summed E-state index contributed by atoms with van der Waals surface area (Å²) in [6.07, 6.45) is 0.853. The minimum Gasteiger partial charge on any atom is -0.495 e. The number of benzene rings is 3. The Balaban J connectivity index is 1.46. The van der Waals surface area contributed by atoms with Crippen molar-refractivity contribution >= 4 is 40.6 Å². The van der Waals surface area contributed by atoms with Gasteiger partial charge in [-0.25, -0.2) is 0 Å². The predicted octanol–water partition coefficient (Wildman–Crippen LogP) is 4.89. The van der Waals surface area contributed by atoms with Crippen LogP contribution < -0.4 is 25.2 Å². The molecule has 0 aliphatic carbocycles. The Hall–Kier alpha value is -3.65. The summed E-state index contributed by atoms with van der Waals surface area (Å²) in [5.41, 5.74) is 3.16. The van der Waals surface area contributed by atoms with E-state index in [2.05, 4.69) is 26.5 Å². The number of ether oxygens (including phenoxy) is 1. The van der Waals surface area contributed by atoms with Crippen LogP contribution in [0.5, 0.6) is 5.75 Å². The third-order valence-electron chi connectivity index (χ3n) is 6.22. The quantitative estimate of drug-likeness (QED) is 0.372. The van der Waals surface area contributed by atoms with Gasteiger partial charge in [0, 0.05) is 49.0 Å². The Morgan fingerprint density at radius 1 is 0.892 bits per heavy atom. The van der Waals surface area contributed by atoms with Crippen molar-refractivity contribution in [1.82, 2.24) is 5.32 Å². The van der Waals surface area contributed by atoms with Gasteiger partial charge in [-0.05, 0) is 48.9 Å². The first-order valence-corrected chi connectivity index (χ1v) is 13.6. The van der Waals surface area contributed by atoms with Gasteiger partial charge in [-0.3, -0.25) is 9.59 Å². The molecule has 0 bridgehead atoms. The molecule has 1 heterocycles. The Morgan fingerprint density at radius 3 is 2.27 bits per heavy atom. The largest absolute Gasteiger partial charge is 0.495 e. The fourth-order valence-electron chi connectivity index (χ4n) is 4.35. The molecule has 1 aliphatic heterocycles. The lowest BCUT2D eigenvalue weighted by Crippen LogP contribution is -2.47. The van der Waals surface area contributed by atoms with E-state index in [1.165, 1.54) is 11.8 Å². The third-order valence-corrected chi connectivity index (χ3v) is 7.23. The van der Waals surface area contributed by atoms with Gasteiger partial charge in [0.25, 0.3) is 5.91 Å². The highest BCUT2D eigenvalue weighted by Crippen LogP contribution is 2.31. The number of hydrogen-bond acceptors (Lipinski definition) is 6. The zero-order valence-corrected chi connectivity index (χ0v) is 22.2. The molecule has 1 saturated heterocycles. The molecule has 7 nitrogen and oxygen atoms in total. The van der Waals surface area contributed by atoms with Crippen LogP contribution in [0.25, 0.3) is 0 Å². The number of nitrogens with zero attached hydrogens (tertiary/aromatic N) is 2. The van der Waals surface area contributed by atoms with Gasteiger partial charge < -0.3 is 25.2 Å². The van der Waals surface area contributed by atoms with Gasteiger partial charge in [0.15, 0.2) is 0 Å². The van der Waals surface area contributed by atoms with Crippen molar-refractivity contribution in [1.29, 1.82) is 0 Å². The van der Waals surface area contributed by atoms with Gasteiger partial charge in [0.1, 0.15) is 5.75 Å². The van der Waals surface area contributed by atoms with Crippen molar-refractivity contribution < 1.29 is 14.3 Å². The standard InChI is InChI=1S/C29H34N4O3S/c1-3-15-30-29(35)24-20-22(31-28(34)21-37-23-9-5-4-6-10-23)13-14-25(24)32-16-18-33(19-17-32)26-11-7-8-12-27(26)36-2/h4-14,20H,3,15-19,21H2,1-2H3,(H,30,35)(H,31,34). The number of amides is 2. The fourth-order valence-corrected chi connectivity index (χ4v) is 5.07. The Labute approximate surface area is 223 Å². The van der Waals surface area contributed by atoms with Crippen molar-refractivity contribution in [3.8, 4) is 5.75 Å². The molecular formula is C29H34N4O3S. The van der Waals surface area contributed by atoms with E-state index < -0.39 is 0 Å². The zero-order chi connectivity index (χ0) is 26.0. The van der Waals surface area contributed by atoms with E-state index in [1.807, 2.05) is 67.6 Å². The maximum absolute atomic E-state index is 13.1. The van der Waals surface area contributed by atoms with E-state index >= 15 is 0 Å². The number of rotatable bonds is 10. The van der Waals surface area contributed by atoms with E-state index in [1.54, 1.807) is 13.2 Å². The van der Waals surface area contributed by atoms with Crippen molar-refractivity contribution in [3.05, 3.63) is 78.4 Å². The lowest BCUT2D eigenvalue weighted by Gasteiger charge is -2.38. The van der Waals surface area contributed by atoms with Crippen LogP contribution in [0.1, 0.15) is 23.7 Å². The molecule has 0 saturated carbocycles. The molecule has 3 aromatic carbocycles. The smallest absolute Gasteiger partial charge is 0.253 e. The minimum absolute atomic E-state index is 0.105. The maximum Gasteiger partial charge on any atom is 0.253 e. The second kappa shape index (κ2) is 13.1. The molecule has 2 N–H and O–H groups in total. The summed E-state index contributed by atoms with van der Waals surface area (Å²) in [4.78, 5) is 31.3. The molecule has 4 rings (SSSR count). The van der Waals surface area contributed by atoms with Gasteiger partial charge in [-0.15, -0.1) is 11.8 Å². The molecule has 8 heteroatoms. The monoisotopic (exact) mass is 518 g/mol. The lowest BCUT2D eigenvalue weighted by atomic mass is 10.1. The lowest BCUT2D eigenvalue weighted by molar-refractivity contribution is -0.113. The number of para-hydroxylation sites is 2. The number of hydrogen-bond donors (Lipinski definition) is 2. The summed E-state index contributed by atoms with van der Waals surface area (Å²) in [5.74, 6) is 0.931. The summed E-state index contributed by atoms with van der Waals surface area (Å²) in [5, 5.41) is 5.95. The van der Waals surface area contributed by atoms with Crippen molar-refractivity contribution in [2.45, 2.75) is 18.2 Å². The first kappa shape index (κ1) is 26.4. The fraction of sp³-hybridized carbons (Fsp3) is 0.310. The van der Waals surface area contributed by atoms with E-state index in [0.717, 1.165) is 54.6 Å². The molecule has 0 aromatic heterocycles. The summed E-state index contributed by atoms with van der Waals surface area (Å²) >= 11 is 1.48. The molecule has 1 aliphatic rings. The number of anilines is 3. The number of methoxy groups -OCH3 is 1. The van der Waals surface area contributed by atoms with Crippen LogP contribution in [0, 0.1) is 0 Å². The number of carbonyl (C=O) groups is 2. The highest BCUT2D eigenvalue weighted by Gasteiger charge is 2.23. The molecule has 0 atom stereocenters. The van der Waals surface area contributed by atoms with Crippen molar-refractivity contribution in [2.24, 2.45) is 0 Å². The Morgan fingerprint density at radius 2 is 1.57 bits per heavy atom. The van der Waals surface area contributed by atoms with Crippen molar-refractivity contribution in [2.75, 3.05) is 60.7 Å². The van der Waals surface area contributed by atoms with E-state index in [-0.39, 0.29) is 11.8 Å². The van der Waals surface area contributed by atoms with Crippen LogP contribution in [0.15, 0.2) is 77.7 Å². The van der Waals surface area contributed by atoms with Gasteiger partial charge in [0.2, 0.25) is 5.91 Å². The summed E-state index contributed by atoms with van der Waals surface area (Å²) < 4.78 is 5.54. The topological polar surface area (TPSA) is 73.9 Å². The SMILES string of the molecule is CCCNC(=O)c1cc(NC(=O)CSc2ccccc2)ccc1N1CCN(c2ccccc2OC)CC1. The summed E-state index contributed by atoms with van der Waals surface area (Å²) in [7, 11) is 1.69. The molecule has 0 spiro atoms. The van der Waals surface area contributed by atoms with Crippen molar-refractivity contribution in [3.63, 3.8) is 0 Å². The van der Waals surface area contributed by atoms with Gasteiger partial charge in [0.05, 0.1) is 24.1 Å². The van der Waals surface area contributed by atoms with E-state index in [0.29, 0.717) is 23.5 Å². The average molecular weight is 519 g/mol. The number of piperazine rings is 1. The number of carbonyl (C=O) groups excluding carboxylic acids is 2. The second-order valence-corrected chi connectivity index (χ2v) is 9.83. The summed E-state index contributed by atoms with van der Waals surface area (Å²) in [6.45, 7) is 5.79. The first-order chi connectivity index (χ1) is 18.1. The zero-order valence-electron chi connectivity index (χ0n) is 21.4. The summed E-state index contributed by atoms with van der Waals surface area (Å²) in [6, 6.07) is 23.5. The average Bonchev–Trinajstić information content (AvgIpc) is 2.95. The van der Waals surface area contributed by atoms with Crippen LogP contribution in [-0.2, 0) is 4.79 Å².